The molecule has 0 amide bonds. The van der Waals surface area contributed by atoms with Crippen molar-refractivity contribution in [2.24, 2.45) is 0 Å². The van der Waals surface area contributed by atoms with Crippen LogP contribution in [0, 0.1) is 0 Å². The van der Waals surface area contributed by atoms with Crippen molar-refractivity contribution in [1.29, 1.82) is 0 Å². The molecule has 0 aromatic heterocycles. The molecule has 3 nitrogen and oxygen atoms in total. The molecule has 0 aromatic carbocycles. The van der Waals surface area contributed by atoms with E-state index in [4.69, 9.17) is 0 Å². The average molecular weight is 212 g/mol. The zero-order valence-corrected chi connectivity index (χ0v) is 9.67. The highest BCUT2D eigenvalue weighted by atomic mass is 16.3. The summed E-state index contributed by atoms with van der Waals surface area (Å²) in [5.74, 6) is 0. The highest BCUT2D eigenvalue weighted by Crippen LogP contribution is 2.35. The topological polar surface area (TPSA) is 35.5 Å². The maximum atomic E-state index is 9.92. The molecular weight excluding hydrogens is 188 g/mol. The van der Waals surface area contributed by atoms with E-state index in [0.29, 0.717) is 0 Å². The van der Waals surface area contributed by atoms with Gasteiger partial charge in [-0.15, -0.1) is 0 Å². The summed E-state index contributed by atoms with van der Waals surface area (Å²) < 4.78 is 0. The summed E-state index contributed by atoms with van der Waals surface area (Å²) in [7, 11) is 0. The van der Waals surface area contributed by atoms with E-state index in [-0.39, 0.29) is 5.60 Å². The predicted molar refractivity (Wildman–Crippen MR) is 62.0 cm³/mol. The minimum atomic E-state index is -0.260. The fraction of sp³-hybridized carbons (Fsp3) is 1.00. The first-order chi connectivity index (χ1) is 7.29. The van der Waals surface area contributed by atoms with E-state index < -0.39 is 0 Å². The first-order valence-corrected chi connectivity index (χ1v) is 6.44. The number of piperazine rings is 1. The van der Waals surface area contributed by atoms with Crippen molar-refractivity contribution in [2.45, 2.75) is 44.1 Å². The van der Waals surface area contributed by atoms with Crippen LogP contribution in [0.25, 0.3) is 0 Å². The van der Waals surface area contributed by atoms with Gasteiger partial charge in [0, 0.05) is 26.2 Å². The van der Waals surface area contributed by atoms with E-state index in [9.17, 15) is 5.11 Å². The van der Waals surface area contributed by atoms with Crippen molar-refractivity contribution in [3.8, 4) is 0 Å². The summed E-state index contributed by atoms with van der Waals surface area (Å²) in [6.45, 7) is 5.90. The highest BCUT2D eigenvalue weighted by molar-refractivity contribution is 4.87. The van der Waals surface area contributed by atoms with E-state index in [1.807, 2.05) is 0 Å². The minimum absolute atomic E-state index is 0.260. The van der Waals surface area contributed by atoms with Crippen molar-refractivity contribution < 1.29 is 5.11 Å². The summed E-state index contributed by atoms with van der Waals surface area (Å²) in [5.41, 5.74) is -0.260. The largest absolute Gasteiger partial charge is 0.390 e. The molecule has 88 valence electrons. The summed E-state index contributed by atoms with van der Waals surface area (Å²) in [4.78, 5) is 2.53. The Hall–Kier alpha value is -0.120. The molecule has 1 saturated heterocycles. The van der Waals surface area contributed by atoms with Crippen molar-refractivity contribution in [1.82, 2.24) is 10.2 Å². The molecule has 15 heavy (non-hydrogen) atoms. The summed E-state index contributed by atoms with van der Waals surface area (Å²) >= 11 is 0. The van der Waals surface area contributed by atoms with Gasteiger partial charge in [-0.05, 0) is 45.1 Å². The van der Waals surface area contributed by atoms with Crippen LogP contribution >= 0.6 is 0 Å². The molecule has 2 N–H and O–H groups in total. The molecule has 0 bridgehead atoms. The molecule has 1 heterocycles. The number of unbranched alkanes of at least 4 members (excludes halogenated alkanes) is 1. The van der Waals surface area contributed by atoms with Gasteiger partial charge in [-0.2, -0.15) is 0 Å². The highest BCUT2D eigenvalue weighted by Gasteiger charge is 2.33. The average Bonchev–Trinajstić information content (AvgIpc) is 2.23. The normalized spacial score (nSPS) is 26.2. The van der Waals surface area contributed by atoms with Gasteiger partial charge in [0.2, 0.25) is 0 Å². The van der Waals surface area contributed by atoms with Crippen LogP contribution in [0.1, 0.15) is 38.5 Å². The molecule has 3 heteroatoms. The molecule has 2 aliphatic rings. The van der Waals surface area contributed by atoms with Crippen LogP contribution in [0.15, 0.2) is 0 Å². The van der Waals surface area contributed by atoms with E-state index in [2.05, 4.69) is 10.2 Å². The van der Waals surface area contributed by atoms with Gasteiger partial charge in [0.25, 0.3) is 0 Å². The van der Waals surface area contributed by atoms with Crippen molar-refractivity contribution in [3.63, 3.8) is 0 Å². The van der Waals surface area contributed by atoms with Gasteiger partial charge >= 0.3 is 0 Å². The Balaban J connectivity index is 1.50. The van der Waals surface area contributed by atoms with E-state index in [1.165, 1.54) is 38.9 Å². The molecule has 2 fully saturated rings. The lowest BCUT2D eigenvalue weighted by molar-refractivity contribution is -0.0422. The van der Waals surface area contributed by atoms with Crippen LogP contribution in [0.5, 0.6) is 0 Å². The van der Waals surface area contributed by atoms with Gasteiger partial charge in [0.1, 0.15) is 0 Å². The van der Waals surface area contributed by atoms with Crippen LogP contribution in [0.4, 0.5) is 0 Å². The zero-order valence-electron chi connectivity index (χ0n) is 9.67. The van der Waals surface area contributed by atoms with Gasteiger partial charge in [0.05, 0.1) is 5.60 Å². The molecule has 1 aliphatic carbocycles. The fourth-order valence-electron chi connectivity index (χ4n) is 2.56. The summed E-state index contributed by atoms with van der Waals surface area (Å²) in [6.07, 6.45) is 6.79. The SMILES string of the molecule is OC1(CCCCN2CCNCC2)CCC1. The Labute approximate surface area is 92.8 Å². The molecule has 0 radical (unpaired) electrons. The molecule has 1 aliphatic heterocycles. The van der Waals surface area contributed by atoms with Crippen LogP contribution in [-0.4, -0.2) is 48.3 Å². The maximum absolute atomic E-state index is 9.92. The summed E-state index contributed by atoms with van der Waals surface area (Å²) in [5, 5.41) is 13.3. The number of nitrogens with one attached hydrogen (secondary N) is 1. The molecule has 0 unspecified atom stereocenters. The van der Waals surface area contributed by atoms with Gasteiger partial charge in [-0.3, -0.25) is 0 Å². The fourth-order valence-corrected chi connectivity index (χ4v) is 2.56. The number of hydrogen-bond acceptors (Lipinski definition) is 3. The van der Waals surface area contributed by atoms with Crippen molar-refractivity contribution >= 4 is 0 Å². The molecular formula is C12H24N2O. The molecule has 2 rings (SSSR count). The van der Waals surface area contributed by atoms with Crippen molar-refractivity contribution in [3.05, 3.63) is 0 Å². The second-order valence-corrected chi connectivity index (χ2v) is 5.13. The van der Waals surface area contributed by atoms with Crippen molar-refractivity contribution in [2.75, 3.05) is 32.7 Å². The Morgan fingerprint density at radius 3 is 2.47 bits per heavy atom. The van der Waals surface area contributed by atoms with Crippen LogP contribution in [0.3, 0.4) is 0 Å². The Morgan fingerprint density at radius 2 is 1.87 bits per heavy atom. The summed E-state index contributed by atoms with van der Waals surface area (Å²) in [6, 6.07) is 0. The lowest BCUT2D eigenvalue weighted by Crippen LogP contribution is -2.43. The van der Waals surface area contributed by atoms with E-state index in [0.717, 1.165) is 32.4 Å². The maximum Gasteiger partial charge on any atom is 0.0647 e. The molecule has 0 spiro atoms. The standard InChI is InChI=1S/C12H24N2O/c15-12(5-3-6-12)4-1-2-9-14-10-7-13-8-11-14/h13,15H,1-11H2. The molecule has 1 saturated carbocycles. The smallest absolute Gasteiger partial charge is 0.0647 e. The minimum Gasteiger partial charge on any atom is -0.390 e. The number of nitrogens with zero attached hydrogens (tertiary/aromatic N) is 1. The monoisotopic (exact) mass is 212 g/mol. The van der Waals surface area contributed by atoms with Gasteiger partial charge < -0.3 is 15.3 Å². The third kappa shape index (κ3) is 3.44. The van der Waals surface area contributed by atoms with Gasteiger partial charge in [-0.25, -0.2) is 0 Å². The van der Waals surface area contributed by atoms with Gasteiger partial charge in [0.15, 0.2) is 0 Å². The van der Waals surface area contributed by atoms with E-state index >= 15 is 0 Å². The molecule has 0 atom stereocenters. The second kappa shape index (κ2) is 5.28. The Bertz CT molecular complexity index is 186. The molecule has 0 aromatic rings. The quantitative estimate of drug-likeness (QED) is 0.667. The lowest BCUT2D eigenvalue weighted by atomic mass is 9.77. The predicted octanol–water partition coefficient (Wildman–Crippen LogP) is 0.977. The lowest BCUT2D eigenvalue weighted by Gasteiger charge is -2.37. The number of hydrogen-bond donors (Lipinski definition) is 2. The van der Waals surface area contributed by atoms with E-state index in [1.54, 1.807) is 0 Å². The van der Waals surface area contributed by atoms with Crippen LogP contribution < -0.4 is 5.32 Å². The number of rotatable bonds is 5. The number of aliphatic hydroxyl groups is 1. The Morgan fingerprint density at radius 1 is 1.13 bits per heavy atom. The second-order valence-electron chi connectivity index (χ2n) is 5.13. The van der Waals surface area contributed by atoms with Gasteiger partial charge in [-0.1, -0.05) is 0 Å². The third-order valence-corrected chi connectivity index (χ3v) is 3.86. The zero-order chi connectivity index (χ0) is 10.6. The van der Waals surface area contributed by atoms with Crippen LogP contribution in [0.2, 0.25) is 0 Å². The van der Waals surface area contributed by atoms with Crippen LogP contribution in [-0.2, 0) is 0 Å². The third-order valence-electron chi connectivity index (χ3n) is 3.86. The Kier molecular flexibility index (Phi) is 4.00. The first kappa shape index (κ1) is 11.4. The first-order valence-electron chi connectivity index (χ1n) is 6.44.